The Balaban J connectivity index is 0.000000418. The Bertz CT molecular complexity index is 724. The van der Waals surface area contributed by atoms with Gasteiger partial charge in [-0.25, -0.2) is 0 Å². The molecule has 0 unspecified atom stereocenters. The van der Waals surface area contributed by atoms with E-state index in [-0.39, 0.29) is 0 Å². The highest BCUT2D eigenvalue weighted by Gasteiger charge is 2.58. The first-order chi connectivity index (χ1) is 14.8. The molecule has 2 fully saturated rings. The van der Waals surface area contributed by atoms with Crippen molar-refractivity contribution in [3.05, 3.63) is 28.4 Å². The van der Waals surface area contributed by atoms with Gasteiger partial charge in [-0.2, -0.15) is 0 Å². The normalized spacial score (nSPS) is 32.6. The predicted molar refractivity (Wildman–Crippen MR) is 109 cm³/mol. The summed E-state index contributed by atoms with van der Waals surface area (Å²) in [5.74, 6) is 3.90. The van der Waals surface area contributed by atoms with Crippen LogP contribution in [0.3, 0.4) is 0 Å². The SMILES string of the molecule is COCCO[C]1C2=C(C(=[O+]CCOC)C3=C1[C@@H]1CC[C@H]3C1)[C@@H]1CC[C@H]2C1.F[B-](F)(F)F. The van der Waals surface area contributed by atoms with Gasteiger partial charge in [0.05, 0.1) is 24.4 Å². The van der Waals surface area contributed by atoms with Gasteiger partial charge in [-0.15, -0.1) is 0 Å². The molecule has 31 heavy (non-hydrogen) atoms. The van der Waals surface area contributed by atoms with Crippen LogP contribution in [0.2, 0.25) is 0 Å². The standard InChI is InChI=1S/C22H30O4.BF4/c1-23-7-9-25-21-17-13-3-5-15(11-13)19(17)22(26-10-8-24-2)20-16-6-4-14(12-16)18(20)21;2-1(3,4)5/h13-16H,3-12H2,1-2H3;/q+1;-1/t13-,14+,15+,16-;. The Morgan fingerprint density at radius 2 is 1.19 bits per heavy atom. The van der Waals surface area contributed by atoms with Gasteiger partial charge in [-0.05, 0) is 73.3 Å². The minimum absolute atomic E-state index is 0.647. The number of methoxy groups -OCH3 is 2. The fourth-order valence-corrected chi connectivity index (χ4v) is 6.18. The highest BCUT2D eigenvalue weighted by Crippen LogP contribution is 2.63. The van der Waals surface area contributed by atoms with Crippen LogP contribution < -0.4 is 0 Å². The lowest BCUT2D eigenvalue weighted by atomic mass is 9.72. The topological polar surface area (TPSA) is 39.0 Å². The van der Waals surface area contributed by atoms with Crippen molar-refractivity contribution < 1.29 is 35.9 Å². The molecule has 1 radical (unpaired) electrons. The van der Waals surface area contributed by atoms with E-state index in [9.17, 15) is 17.3 Å². The third-order valence-corrected chi connectivity index (χ3v) is 7.12. The molecule has 2 saturated carbocycles. The summed E-state index contributed by atoms with van der Waals surface area (Å²) < 4.78 is 62.3. The fraction of sp³-hybridized carbons (Fsp3) is 0.727. The van der Waals surface area contributed by atoms with Crippen molar-refractivity contribution >= 4 is 13.0 Å². The van der Waals surface area contributed by atoms with Gasteiger partial charge in [0.25, 0.3) is 6.61 Å². The molecular formula is C22H30BF4O4. The van der Waals surface area contributed by atoms with Gasteiger partial charge in [-0.1, -0.05) is 0 Å². The molecule has 0 amide bonds. The molecule has 5 aliphatic rings. The van der Waals surface area contributed by atoms with E-state index in [1.807, 2.05) is 0 Å². The number of ketones is 1. The second-order valence-electron chi connectivity index (χ2n) is 8.90. The van der Waals surface area contributed by atoms with Crippen LogP contribution in [-0.4, -0.2) is 53.7 Å². The van der Waals surface area contributed by atoms with E-state index in [0.717, 1.165) is 0 Å². The van der Waals surface area contributed by atoms with Gasteiger partial charge in [0, 0.05) is 14.2 Å². The van der Waals surface area contributed by atoms with E-state index in [4.69, 9.17) is 18.6 Å². The van der Waals surface area contributed by atoms with E-state index in [0.29, 0.717) is 50.1 Å². The summed E-state index contributed by atoms with van der Waals surface area (Å²) in [6.07, 6.45) is 9.03. The van der Waals surface area contributed by atoms with E-state index in [1.54, 1.807) is 14.2 Å². The molecule has 0 saturated heterocycles. The van der Waals surface area contributed by atoms with E-state index in [2.05, 4.69) is 0 Å². The summed E-state index contributed by atoms with van der Waals surface area (Å²) in [5, 5.41) is 0. The van der Waals surface area contributed by atoms with Crippen molar-refractivity contribution in [2.45, 2.75) is 38.5 Å². The van der Waals surface area contributed by atoms with Gasteiger partial charge in [0.2, 0.25) is 0 Å². The molecular weight excluding hydrogens is 415 g/mol. The molecule has 0 aromatic carbocycles. The zero-order valence-electron chi connectivity index (χ0n) is 18.1. The quantitative estimate of drug-likeness (QED) is 0.247. The lowest BCUT2D eigenvalue weighted by molar-refractivity contribution is -0.460. The largest absolute Gasteiger partial charge is 0.673 e. The molecule has 173 valence electrons. The van der Waals surface area contributed by atoms with Gasteiger partial charge in [0.15, 0.2) is 0 Å². The van der Waals surface area contributed by atoms with Gasteiger partial charge < -0.3 is 31.5 Å². The first-order valence-corrected chi connectivity index (χ1v) is 11.2. The molecule has 0 aromatic rings. The Hall–Kier alpha value is -1.19. The predicted octanol–water partition coefficient (Wildman–Crippen LogP) is 4.70. The molecule has 5 rings (SSSR count). The maximum absolute atomic E-state index is 9.75. The molecule has 4 nitrogen and oxygen atoms in total. The Labute approximate surface area is 180 Å². The van der Waals surface area contributed by atoms with Crippen LogP contribution in [0.15, 0.2) is 22.3 Å². The first kappa shape index (κ1) is 23.0. The second-order valence-corrected chi connectivity index (χ2v) is 8.90. The summed E-state index contributed by atoms with van der Waals surface area (Å²) in [4.78, 5) is 0. The Kier molecular flexibility index (Phi) is 6.94. The number of allylic oxidation sites excluding steroid dienone is 2. The third-order valence-electron chi connectivity index (χ3n) is 7.12. The number of rotatable bonds is 7. The third kappa shape index (κ3) is 4.64. The van der Waals surface area contributed by atoms with E-state index >= 15 is 0 Å². The summed E-state index contributed by atoms with van der Waals surface area (Å²) in [6.45, 7) is 2.59. The van der Waals surface area contributed by atoms with Crippen LogP contribution in [0.4, 0.5) is 17.3 Å². The van der Waals surface area contributed by atoms with E-state index in [1.165, 1.54) is 72.7 Å². The number of fused-ring (bicyclic) bond motifs is 8. The summed E-state index contributed by atoms with van der Waals surface area (Å²) in [5.41, 5.74) is 5.99. The average molecular weight is 445 g/mol. The van der Waals surface area contributed by atoms with Gasteiger partial charge in [0.1, 0.15) is 12.7 Å². The smallest absolute Gasteiger partial charge is 0.418 e. The molecule has 5 aliphatic carbocycles. The van der Waals surface area contributed by atoms with Gasteiger partial charge >= 0.3 is 13.0 Å². The van der Waals surface area contributed by atoms with Crippen molar-refractivity contribution in [2.24, 2.45) is 23.7 Å². The minimum Gasteiger partial charge on any atom is -0.418 e. The number of ether oxygens (including phenoxy) is 3. The Morgan fingerprint density at radius 1 is 0.742 bits per heavy atom. The molecule has 0 spiro atoms. The molecule has 0 aromatic heterocycles. The molecule has 0 heterocycles. The van der Waals surface area contributed by atoms with Crippen LogP contribution in [0.25, 0.3) is 0 Å². The summed E-state index contributed by atoms with van der Waals surface area (Å²) in [6, 6.07) is 0. The lowest BCUT2D eigenvalue weighted by Gasteiger charge is -2.33. The van der Waals surface area contributed by atoms with Crippen molar-refractivity contribution in [1.29, 1.82) is 0 Å². The molecule has 4 bridgehead atoms. The highest BCUT2D eigenvalue weighted by molar-refractivity contribution is 6.50. The minimum atomic E-state index is -6.00. The number of hydrogen-bond donors (Lipinski definition) is 0. The maximum Gasteiger partial charge on any atom is 0.673 e. The van der Waals surface area contributed by atoms with Crippen LogP contribution in [0.1, 0.15) is 38.5 Å². The maximum atomic E-state index is 9.75. The highest BCUT2D eigenvalue weighted by atomic mass is 19.5. The van der Waals surface area contributed by atoms with Crippen molar-refractivity contribution in [3.63, 3.8) is 0 Å². The number of carbonyl (C=O) groups excluding carboxylic acids is 1. The van der Waals surface area contributed by atoms with Gasteiger partial charge in [-0.3, -0.25) is 4.42 Å². The number of hydrogen-bond acceptors (Lipinski definition) is 3. The monoisotopic (exact) mass is 445 g/mol. The molecule has 4 atom stereocenters. The lowest BCUT2D eigenvalue weighted by Crippen LogP contribution is -2.32. The first-order valence-electron chi connectivity index (χ1n) is 11.2. The van der Waals surface area contributed by atoms with Crippen molar-refractivity contribution in [1.82, 2.24) is 0 Å². The zero-order chi connectivity index (χ0) is 22.2. The van der Waals surface area contributed by atoms with Crippen LogP contribution in [-0.2, 0) is 18.6 Å². The van der Waals surface area contributed by atoms with Crippen LogP contribution in [0.5, 0.6) is 0 Å². The summed E-state index contributed by atoms with van der Waals surface area (Å²) in [7, 11) is -2.51. The van der Waals surface area contributed by atoms with E-state index < -0.39 is 7.25 Å². The summed E-state index contributed by atoms with van der Waals surface area (Å²) >= 11 is 0. The van der Waals surface area contributed by atoms with Crippen LogP contribution >= 0.6 is 0 Å². The number of halogens is 4. The van der Waals surface area contributed by atoms with Crippen LogP contribution in [0, 0.1) is 29.8 Å². The molecule has 9 heteroatoms. The second kappa shape index (κ2) is 9.36. The Morgan fingerprint density at radius 3 is 1.65 bits per heavy atom. The molecule has 0 N–H and O–H groups in total. The van der Waals surface area contributed by atoms with Crippen molar-refractivity contribution in [2.75, 3.05) is 40.6 Å². The zero-order valence-corrected chi connectivity index (χ0v) is 18.1. The average Bonchev–Trinajstić information content (AvgIpc) is 3.48. The van der Waals surface area contributed by atoms with Crippen molar-refractivity contribution in [3.8, 4) is 0 Å². The fourth-order valence-electron chi connectivity index (χ4n) is 6.18. The molecule has 0 aliphatic heterocycles.